The van der Waals surface area contributed by atoms with Crippen molar-refractivity contribution in [1.82, 2.24) is 9.55 Å². The molecule has 0 saturated carbocycles. The fraction of sp³-hybridized carbons (Fsp3) is 0. The van der Waals surface area contributed by atoms with Gasteiger partial charge < -0.3 is 14.1 Å². The molecule has 7 aromatic rings. The Bertz CT molecular complexity index is 1690. The van der Waals surface area contributed by atoms with Crippen molar-refractivity contribution in [3.8, 4) is 17.1 Å². The van der Waals surface area contributed by atoms with Gasteiger partial charge >= 0.3 is 0 Å². The summed E-state index contributed by atoms with van der Waals surface area (Å²) < 4.78 is 9.63. The zero-order chi connectivity index (χ0) is 23.6. The van der Waals surface area contributed by atoms with E-state index in [0.29, 0.717) is 22.1 Å². The average Bonchev–Trinajstić information content (AvgIpc) is 3.50. The Morgan fingerprint density at radius 3 is 2.39 bits per heavy atom. The van der Waals surface area contributed by atoms with Crippen LogP contribution in [-0.4, -0.2) is 14.7 Å². The molecule has 0 spiro atoms. The number of fused-ring (bicyclic) bond motifs is 4. The van der Waals surface area contributed by atoms with E-state index in [1.807, 2.05) is 71.3 Å². The Morgan fingerprint density at radius 2 is 1.56 bits per heavy atom. The number of phenols is 1. The van der Waals surface area contributed by atoms with E-state index in [2.05, 4.69) is 52.3 Å². The number of hydrogen-bond donors (Lipinski definition) is 1. The van der Waals surface area contributed by atoms with Crippen LogP contribution in [-0.2, 0) is 20.1 Å². The molecule has 3 heterocycles. The molecule has 36 heavy (non-hydrogen) atoms. The van der Waals surface area contributed by atoms with Gasteiger partial charge in [-0.25, -0.2) is 0 Å². The van der Waals surface area contributed by atoms with Crippen LogP contribution in [0.5, 0.6) is 5.75 Å². The van der Waals surface area contributed by atoms with Crippen molar-refractivity contribution >= 4 is 33.1 Å². The molecule has 0 aliphatic carbocycles. The second kappa shape index (κ2) is 10.2. The topological polar surface area (TPSA) is 55.1 Å². The van der Waals surface area contributed by atoms with Crippen LogP contribution in [0, 0.1) is 12.4 Å². The molecule has 5 nitrogen and oxygen atoms in total. The molecule has 6 heteroatoms. The molecule has 0 fully saturated rings. The van der Waals surface area contributed by atoms with Gasteiger partial charge in [-0.05, 0) is 42.1 Å². The van der Waals surface area contributed by atoms with Gasteiger partial charge in [-0.15, -0.1) is 0 Å². The maximum Gasteiger partial charge on any atom is 0.268 e. The number of hydrogen-bond acceptors (Lipinski definition) is 3. The number of phenolic OH excluding ortho intramolecular Hbond substituents is 1. The minimum absolute atomic E-state index is 0. The molecule has 0 amide bonds. The Kier molecular flexibility index (Phi) is 6.63. The molecule has 3 aromatic heterocycles. The van der Waals surface area contributed by atoms with Crippen molar-refractivity contribution in [1.29, 1.82) is 0 Å². The summed E-state index contributed by atoms with van der Waals surface area (Å²) in [4.78, 5) is 4.18. The Labute approximate surface area is 221 Å². The monoisotopic (exact) mass is 647 g/mol. The van der Waals surface area contributed by atoms with Crippen LogP contribution < -0.4 is 4.57 Å². The first-order valence-electron chi connectivity index (χ1n) is 11.2. The third-order valence-electron chi connectivity index (χ3n) is 5.74. The Balaban J connectivity index is 0.000000155. The van der Waals surface area contributed by atoms with Gasteiger partial charge in [0.05, 0.1) is 22.1 Å². The first kappa shape index (κ1) is 23.5. The van der Waals surface area contributed by atoms with E-state index >= 15 is 0 Å². The van der Waals surface area contributed by atoms with Crippen LogP contribution in [0.2, 0.25) is 0 Å². The maximum absolute atomic E-state index is 9.66. The largest absolute Gasteiger partial charge is 0.507 e. The number of rotatable bonds is 2. The van der Waals surface area contributed by atoms with E-state index < -0.39 is 0 Å². The third kappa shape index (κ3) is 4.29. The van der Waals surface area contributed by atoms with Gasteiger partial charge in [-0.3, -0.25) is 9.55 Å². The van der Waals surface area contributed by atoms with E-state index in [4.69, 9.17) is 4.42 Å². The molecule has 7 rings (SSSR count). The minimum Gasteiger partial charge on any atom is -0.507 e. The van der Waals surface area contributed by atoms with Gasteiger partial charge in [0.2, 0.25) is 0 Å². The van der Waals surface area contributed by atoms with Gasteiger partial charge in [0.25, 0.3) is 6.33 Å². The summed E-state index contributed by atoms with van der Waals surface area (Å²) in [5.41, 5.74) is 6.40. The molecule has 177 valence electrons. The van der Waals surface area contributed by atoms with Gasteiger partial charge in [-0.1, -0.05) is 48.5 Å². The van der Waals surface area contributed by atoms with E-state index in [1.165, 1.54) is 0 Å². The fourth-order valence-electron chi connectivity index (χ4n) is 4.15. The van der Waals surface area contributed by atoms with E-state index in [-0.39, 0.29) is 25.9 Å². The number of nitrogens with zero attached hydrogens (tertiary/aromatic N) is 3. The Hall–Kier alpha value is -4.25. The number of pyridine rings is 1. The minimum atomic E-state index is 0. The maximum atomic E-state index is 9.66. The van der Waals surface area contributed by atoms with Crippen molar-refractivity contribution in [3.05, 3.63) is 128 Å². The number of imidazole rings is 1. The summed E-state index contributed by atoms with van der Waals surface area (Å²) in [5, 5.41) is 10.3. The zero-order valence-electron chi connectivity index (χ0n) is 19.0. The molecular formula is C30H20IrN3O2-. The SMILES string of the molecule is Oc1cccc2oc3cccnc3c12.[Ir].[c-]1ccccc1-n1[c-][n+](-c2ccccc2)c2ccccc21. The summed E-state index contributed by atoms with van der Waals surface area (Å²) in [6.07, 6.45) is 5.11. The quantitative estimate of drug-likeness (QED) is 0.180. The molecule has 0 unspecified atom stereocenters. The van der Waals surface area contributed by atoms with Crippen molar-refractivity contribution in [2.75, 3.05) is 0 Å². The van der Waals surface area contributed by atoms with Crippen molar-refractivity contribution < 1.29 is 34.2 Å². The summed E-state index contributed by atoms with van der Waals surface area (Å²) in [6.45, 7) is 0. The molecule has 0 aliphatic heterocycles. The van der Waals surface area contributed by atoms with Gasteiger partial charge in [-0.2, -0.15) is 30.3 Å². The Morgan fingerprint density at radius 1 is 0.778 bits per heavy atom. The van der Waals surface area contributed by atoms with E-state index in [1.54, 1.807) is 18.3 Å². The van der Waals surface area contributed by atoms with Gasteiger partial charge in [0.1, 0.15) is 16.8 Å². The van der Waals surface area contributed by atoms with Crippen LogP contribution in [0.4, 0.5) is 0 Å². The number of aromatic hydroxyl groups is 1. The fourth-order valence-corrected chi connectivity index (χ4v) is 4.15. The van der Waals surface area contributed by atoms with Crippen molar-refractivity contribution in [3.63, 3.8) is 0 Å². The predicted molar refractivity (Wildman–Crippen MR) is 136 cm³/mol. The van der Waals surface area contributed by atoms with Crippen LogP contribution in [0.1, 0.15) is 0 Å². The number of para-hydroxylation sites is 4. The summed E-state index contributed by atoms with van der Waals surface area (Å²) >= 11 is 0. The normalized spacial score (nSPS) is 10.7. The number of furan rings is 1. The second-order valence-electron chi connectivity index (χ2n) is 7.95. The summed E-state index contributed by atoms with van der Waals surface area (Å²) in [7, 11) is 0. The van der Waals surface area contributed by atoms with Gasteiger partial charge in [0, 0.05) is 26.3 Å². The van der Waals surface area contributed by atoms with Crippen LogP contribution >= 0.6 is 0 Å². The molecule has 1 radical (unpaired) electrons. The first-order valence-corrected chi connectivity index (χ1v) is 11.2. The molecule has 1 N–H and O–H groups in total. The summed E-state index contributed by atoms with van der Waals surface area (Å²) in [5.74, 6) is 0.208. The smallest absolute Gasteiger partial charge is 0.268 e. The van der Waals surface area contributed by atoms with E-state index in [0.717, 1.165) is 22.4 Å². The second-order valence-corrected chi connectivity index (χ2v) is 7.95. The first-order chi connectivity index (χ1) is 17.3. The van der Waals surface area contributed by atoms with Crippen LogP contribution in [0.15, 0.2) is 120 Å². The van der Waals surface area contributed by atoms with Crippen molar-refractivity contribution in [2.24, 2.45) is 0 Å². The summed E-state index contributed by atoms with van der Waals surface area (Å²) in [6, 6.07) is 38.6. The standard InChI is InChI=1S/C19H13N2.C11H7NO2.Ir/c1-3-9-16(10-4-1)20-15-21(17-11-5-2-6-12-17)19-14-8-7-13-18(19)20;13-7-3-1-4-8-10(7)11-9(14-8)5-2-6-12-11;/h1-11,13-14H;1-6,13H;/q-1;;. The van der Waals surface area contributed by atoms with Gasteiger partial charge in [0.15, 0.2) is 5.58 Å². The zero-order valence-corrected chi connectivity index (χ0v) is 21.4. The van der Waals surface area contributed by atoms with Crippen LogP contribution in [0.3, 0.4) is 0 Å². The molecule has 0 bridgehead atoms. The molecule has 4 aromatic carbocycles. The molecular weight excluding hydrogens is 627 g/mol. The third-order valence-corrected chi connectivity index (χ3v) is 5.74. The molecule has 0 saturated heterocycles. The molecule has 0 aliphatic rings. The predicted octanol–water partition coefficient (Wildman–Crippen LogP) is 6.19. The number of aromatic nitrogens is 3. The van der Waals surface area contributed by atoms with Crippen LogP contribution in [0.25, 0.3) is 44.5 Å². The average molecular weight is 647 g/mol. The van der Waals surface area contributed by atoms with Crippen molar-refractivity contribution in [2.45, 2.75) is 0 Å². The number of benzene rings is 4. The van der Waals surface area contributed by atoms with E-state index in [9.17, 15) is 5.11 Å². The molecule has 0 atom stereocenters.